The summed E-state index contributed by atoms with van der Waals surface area (Å²) in [6, 6.07) is 5.07. The Bertz CT molecular complexity index is 729. The molecule has 2 amide bonds. The molecular formula is C16H17N3O3S. The van der Waals surface area contributed by atoms with Gasteiger partial charge in [-0.05, 0) is 35.6 Å². The second kappa shape index (κ2) is 6.78. The molecule has 2 aromatic rings. The number of fused-ring (bicyclic) bond motifs is 1. The minimum atomic E-state index is -0.333. The predicted molar refractivity (Wildman–Crippen MR) is 87.2 cm³/mol. The number of nitrogens with one attached hydrogen (secondary N) is 1. The molecule has 23 heavy (non-hydrogen) atoms. The van der Waals surface area contributed by atoms with E-state index in [1.165, 1.54) is 22.7 Å². The highest BCUT2D eigenvalue weighted by molar-refractivity contribution is 7.10. The fourth-order valence-electron chi connectivity index (χ4n) is 2.53. The largest absolute Gasteiger partial charge is 0.504 e. The van der Waals surface area contributed by atoms with Crippen molar-refractivity contribution in [3.05, 3.63) is 40.2 Å². The van der Waals surface area contributed by atoms with Gasteiger partial charge in [0.05, 0.1) is 0 Å². The summed E-state index contributed by atoms with van der Waals surface area (Å²) in [7, 11) is 0. The van der Waals surface area contributed by atoms with Crippen LogP contribution >= 0.6 is 11.3 Å². The van der Waals surface area contributed by atoms with Crippen LogP contribution in [0.3, 0.4) is 0 Å². The molecule has 0 aromatic carbocycles. The van der Waals surface area contributed by atoms with Crippen LogP contribution in [0.25, 0.3) is 0 Å². The first kappa shape index (κ1) is 15.5. The Morgan fingerprint density at radius 3 is 3.04 bits per heavy atom. The van der Waals surface area contributed by atoms with Crippen LogP contribution in [-0.2, 0) is 22.6 Å². The highest BCUT2D eigenvalue weighted by atomic mass is 32.1. The van der Waals surface area contributed by atoms with Crippen LogP contribution in [0.2, 0.25) is 0 Å². The molecule has 2 aromatic heterocycles. The molecule has 0 spiro atoms. The van der Waals surface area contributed by atoms with Gasteiger partial charge in [0.1, 0.15) is 0 Å². The van der Waals surface area contributed by atoms with Crippen molar-refractivity contribution >= 4 is 29.0 Å². The number of aromatic nitrogens is 1. The number of nitrogens with zero attached hydrogens (tertiary/aromatic N) is 2. The molecule has 0 radical (unpaired) electrons. The molecule has 7 heteroatoms. The van der Waals surface area contributed by atoms with E-state index in [0.717, 1.165) is 6.42 Å². The Kier molecular flexibility index (Phi) is 4.57. The first-order valence-electron chi connectivity index (χ1n) is 7.40. The van der Waals surface area contributed by atoms with Crippen LogP contribution in [0.4, 0.5) is 5.82 Å². The summed E-state index contributed by atoms with van der Waals surface area (Å²) in [6.45, 7) is 1.33. The van der Waals surface area contributed by atoms with E-state index in [9.17, 15) is 14.7 Å². The summed E-state index contributed by atoms with van der Waals surface area (Å²) in [4.78, 5) is 31.1. The van der Waals surface area contributed by atoms with Crippen molar-refractivity contribution in [1.29, 1.82) is 0 Å². The maximum absolute atomic E-state index is 12.2. The molecule has 1 aliphatic rings. The van der Waals surface area contributed by atoms with Crippen molar-refractivity contribution in [3.63, 3.8) is 0 Å². The van der Waals surface area contributed by atoms with Gasteiger partial charge in [0.15, 0.2) is 11.6 Å². The third-order valence-electron chi connectivity index (χ3n) is 3.77. The molecule has 6 nitrogen and oxygen atoms in total. The summed E-state index contributed by atoms with van der Waals surface area (Å²) < 4.78 is 0. The van der Waals surface area contributed by atoms with E-state index >= 15 is 0 Å². The molecule has 0 atom stereocenters. The van der Waals surface area contributed by atoms with Gasteiger partial charge >= 0.3 is 0 Å². The third-order valence-corrected chi connectivity index (χ3v) is 4.79. The zero-order chi connectivity index (χ0) is 16.2. The van der Waals surface area contributed by atoms with E-state index in [1.54, 1.807) is 22.3 Å². The predicted octanol–water partition coefficient (Wildman–Crippen LogP) is 2.15. The van der Waals surface area contributed by atoms with E-state index in [4.69, 9.17) is 0 Å². The van der Waals surface area contributed by atoms with Gasteiger partial charge in [0.25, 0.3) is 0 Å². The molecule has 0 bridgehead atoms. The number of anilines is 1. The maximum Gasteiger partial charge on any atom is 0.226 e. The number of aromatic hydroxyl groups is 1. The Morgan fingerprint density at radius 1 is 1.35 bits per heavy atom. The van der Waals surface area contributed by atoms with Gasteiger partial charge in [-0.15, -0.1) is 11.3 Å². The molecule has 0 aliphatic carbocycles. The second-order valence-electron chi connectivity index (χ2n) is 5.35. The first-order chi connectivity index (χ1) is 11.1. The Labute approximate surface area is 137 Å². The number of amides is 2. The molecule has 120 valence electrons. The topological polar surface area (TPSA) is 82.5 Å². The smallest absolute Gasteiger partial charge is 0.226 e. The second-order valence-corrected chi connectivity index (χ2v) is 6.35. The summed E-state index contributed by atoms with van der Waals surface area (Å²) in [5, 5.41) is 14.1. The Morgan fingerprint density at radius 2 is 2.22 bits per heavy atom. The number of carbonyl (C=O) groups is 2. The van der Waals surface area contributed by atoms with Crippen LogP contribution < -0.4 is 5.32 Å². The van der Waals surface area contributed by atoms with E-state index < -0.39 is 0 Å². The summed E-state index contributed by atoms with van der Waals surface area (Å²) in [5.41, 5.74) is 1.21. The number of pyridine rings is 1. The van der Waals surface area contributed by atoms with Gasteiger partial charge in [0.2, 0.25) is 11.8 Å². The van der Waals surface area contributed by atoms with Gasteiger partial charge in [0, 0.05) is 37.0 Å². The highest BCUT2D eigenvalue weighted by Crippen LogP contribution is 2.24. The van der Waals surface area contributed by atoms with Gasteiger partial charge in [-0.25, -0.2) is 4.98 Å². The van der Waals surface area contributed by atoms with E-state index in [1.807, 2.05) is 5.38 Å². The first-order valence-corrected chi connectivity index (χ1v) is 8.28. The monoisotopic (exact) mass is 331 g/mol. The molecule has 2 N–H and O–H groups in total. The average molecular weight is 331 g/mol. The van der Waals surface area contributed by atoms with Crippen LogP contribution in [0.15, 0.2) is 29.8 Å². The zero-order valence-electron chi connectivity index (χ0n) is 12.5. The number of hydrogen-bond donors (Lipinski definition) is 2. The molecule has 0 saturated carbocycles. The van der Waals surface area contributed by atoms with Crippen LogP contribution in [0, 0.1) is 0 Å². The Hall–Kier alpha value is -2.41. The number of thiophene rings is 1. The highest BCUT2D eigenvalue weighted by Gasteiger charge is 2.21. The van der Waals surface area contributed by atoms with Crippen LogP contribution in [0.5, 0.6) is 5.75 Å². The standard InChI is InChI=1S/C16H17N3O3S/c20-12-2-1-7-17-16(12)18-14(21)3-4-15(22)19-8-5-13-11(10-19)6-9-23-13/h1-2,6-7,9,20H,3-5,8,10H2,(H,17,18,21). The molecule has 0 unspecified atom stereocenters. The van der Waals surface area contributed by atoms with Crippen molar-refractivity contribution in [2.75, 3.05) is 11.9 Å². The zero-order valence-corrected chi connectivity index (χ0v) is 13.3. The lowest BCUT2D eigenvalue weighted by molar-refractivity contribution is -0.133. The Balaban J connectivity index is 1.49. The van der Waals surface area contributed by atoms with Crippen LogP contribution in [0.1, 0.15) is 23.3 Å². The molecule has 0 fully saturated rings. The van der Waals surface area contributed by atoms with Gasteiger partial charge in [-0.3, -0.25) is 9.59 Å². The number of hydrogen-bond acceptors (Lipinski definition) is 5. The fraction of sp³-hybridized carbons (Fsp3) is 0.312. The molecule has 1 aliphatic heterocycles. The van der Waals surface area contributed by atoms with Crippen LogP contribution in [-0.4, -0.2) is 33.3 Å². The van der Waals surface area contributed by atoms with Gasteiger partial charge in [-0.1, -0.05) is 0 Å². The van der Waals surface area contributed by atoms with Gasteiger partial charge in [-0.2, -0.15) is 0 Å². The fourth-order valence-corrected chi connectivity index (χ4v) is 3.42. The van der Waals surface area contributed by atoms with Crippen molar-refractivity contribution in [2.24, 2.45) is 0 Å². The van der Waals surface area contributed by atoms with Gasteiger partial charge < -0.3 is 15.3 Å². The van der Waals surface area contributed by atoms with Crippen molar-refractivity contribution < 1.29 is 14.7 Å². The average Bonchev–Trinajstić information content (AvgIpc) is 3.02. The maximum atomic E-state index is 12.2. The van der Waals surface area contributed by atoms with Crippen molar-refractivity contribution in [1.82, 2.24) is 9.88 Å². The third kappa shape index (κ3) is 3.68. The lowest BCUT2D eigenvalue weighted by atomic mass is 10.1. The molecular weight excluding hydrogens is 314 g/mol. The minimum absolute atomic E-state index is 0.0257. The van der Waals surface area contributed by atoms with E-state index in [-0.39, 0.29) is 36.2 Å². The SMILES string of the molecule is O=C(CCC(=O)N1CCc2sccc2C1)Nc1ncccc1O. The lowest BCUT2D eigenvalue weighted by Gasteiger charge is -2.27. The molecule has 3 rings (SSSR count). The summed E-state index contributed by atoms with van der Waals surface area (Å²) in [5.74, 6) is -0.332. The molecule has 3 heterocycles. The summed E-state index contributed by atoms with van der Waals surface area (Å²) in [6.07, 6.45) is 2.58. The van der Waals surface area contributed by atoms with Crippen molar-refractivity contribution in [2.45, 2.75) is 25.8 Å². The normalized spacial score (nSPS) is 13.5. The minimum Gasteiger partial charge on any atom is -0.504 e. The summed E-state index contributed by atoms with van der Waals surface area (Å²) >= 11 is 1.73. The number of rotatable bonds is 4. The molecule has 0 saturated heterocycles. The van der Waals surface area contributed by atoms with E-state index in [2.05, 4.69) is 16.4 Å². The number of carbonyl (C=O) groups excluding carboxylic acids is 2. The van der Waals surface area contributed by atoms with Crippen molar-refractivity contribution in [3.8, 4) is 5.75 Å². The quantitative estimate of drug-likeness (QED) is 0.899. The lowest BCUT2D eigenvalue weighted by Crippen LogP contribution is -2.35. The van der Waals surface area contributed by atoms with E-state index in [0.29, 0.717) is 13.1 Å².